The van der Waals surface area contributed by atoms with E-state index in [4.69, 9.17) is 21.4 Å². The molecule has 4 rings (SSSR count). The lowest BCUT2D eigenvalue weighted by molar-refractivity contribution is -0.886. The molecule has 1 aliphatic heterocycles. The van der Waals surface area contributed by atoms with Crippen LogP contribution in [0.3, 0.4) is 0 Å². The highest BCUT2D eigenvalue weighted by atomic mass is 35.5. The van der Waals surface area contributed by atoms with Gasteiger partial charge in [-0.1, -0.05) is 35.9 Å². The fraction of sp³-hybridized carbons (Fsp3) is 0.304. The number of carbonyl (C=O) groups is 1. The van der Waals surface area contributed by atoms with E-state index in [1.54, 1.807) is 28.8 Å². The van der Waals surface area contributed by atoms with Gasteiger partial charge in [0.2, 0.25) is 0 Å². The number of likely N-dealkylation sites (tertiary alicyclic amines) is 1. The lowest BCUT2D eigenvalue weighted by Gasteiger charge is -2.13. The zero-order chi connectivity index (χ0) is 20.9. The number of para-hydroxylation sites is 1. The van der Waals surface area contributed by atoms with E-state index in [9.17, 15) is 4.79 Å². The SMILES string of the molecule is COc1cccc(-c2cc(C(=O)NCC[NH+]3CCCC3)n(-c3ccccc3Cl)n2)c1. The van der Waals surface area contributed by atoms with Gasteiger partial charge in [-0.05, 0) is 30.3 Å². The van der Waals surface area contributed by atoms with Gasteiger partial charge in [0.1, 0.15) is 11.4 Å². The lowest BCUT2D eigenvalue weighted by Crippen LogP contribution is -3.10. The third kappa shape index (κ3) is 4.50. The Bertz CT molecular complexity index is 1030. The van der Waals surface area contributed by atoms with Gasteiger partial charge in [-0.2, -0.15) is 5.10 Å². The molecule has 1 fully saturated rings. The molecule has 1 amide bonds. The Morgan fingerprint density at radius 3 is 2.73 bits per heavy atom. The van der Waals surface area contributed by atoms with Crippen molar-refractivity contribution in [3.63, 3.8) is 0 Å². The van der Waals surface area contributed by atoms with Crippen LogP contribution in [0.4, 0.5) is 0 Å². The molecule has 156 valence electrons. The maximum Gasteiger partial charge on any atom is 0.270 e. The number of aromatic nitrogens is 2. The molecule has 1 saturated heterocycles. The third-order valence-electron chi connectivity index (χ3n) is 5.46. The second-order valence-corrected chi connectivity index (χ2v) is 7.88. The topological polar surface area (TPSA) is 60.6 Å². The average molecular weight is 426 g/mol. The van der Waals surface area contributed by atoms with Crippen LogP contribution in [-0.4, -0.2) is 49.0 Å². The van der Waals surface area contributed by atoms with Crippen LogP contribution in [-0.2, 0) is 0 Å². The summed E-state index contributed by atoms with van der Waals surface area (Å²) in [6.45, 7) is 3.95. The van der Waals surface area contributed by atoms with Crippen molar-refractivity contribution < 1.29 is 14.4 Å². The van der Waals surface area contributed by atoms with Gasteiger partial charge in [0.25, 0.3) is 5.91 Å². The van der Waals surface area contributed by atoms with Crippen LogP contribution in [0.25, 0.3) is 16.9 Å². The Balaban J connectivity index is 1.64. The number of methoxy groups -OCH3 is 1. The molecule has 1 aromatic heterocycles. The number of nitrogens with zero attached hydrogens (tertiary/aromatic N) is 2. The molecule has 0 bridgehead atoms. The summed E-state index contributed by atoms with van der Waals surface area (Å²) in [5.41, 5.74) is 2.68. The minimum absolute atomic E-state index is 0.157. The zero-order valence-corrected chi connectivity index (χ0v) is 17.8. The van der Waals surface area contributed by atoms with E-state index in [0.717, 1.165) is 17.9 Å². The molecule has 0 unspecified atom stereocenters. The fourth-order valence-electron chi connectivity index (χ4n) is 3.84. The van der Waals surface area contributed by atoms with E-state index in [0.29, 0.717) is 28.6 Å². The van der Waals surface area contributed by atoms with Crippen molar-refractivity contribution in [3.8, 4) is 22.7 Å². The molecule has 0 atom stereocenters. The van der Waals surface area contributed by atoms with E-state index in [-0.39, 0.29) is 5.91 Å². The van der Waals surface area contributed by atoms with Crippen LogP contribution in [0, 0.1) is 0 Å². The number of ether oxygens (including phenoxy) is 1. The highest BCUT2D eigenvalue weighted by molar-refractivity contribution is 6.32. The lowest BCUT2D eigenvalue weighted by atomic mass is 10.1. The molecule has 2 heterocycles. The standard InChI is InChI=1S/C23H25ClN4O2/c1-30-18-8-6-7-17(15-18)20-16-22(23(29)25-11-14-27-12-4-5-13-27)28(26-20)21-10-3-2-9-19(21)24/h2-3,6-10,15-16H,4-5,11-14H2,1H3,(H,25,29)/p+1. The van der Waals surface area contributed by atoms with Crippen molar-refractivity contribution in [2.45, 2.75) is 12.8 Å². The number of hydrogen-bond donors (Lipinski definition) is 2. The van der Waals surface area contributed by atoms with Crippen LogP contribution in [0.15, 0.2) is 54.6 Å². The molecular weight excluding hydrogens is 400 g/mol. The van der Waals surface area contributed by atoms with E-state index in [1.807, 2.05) is 42.5 Å². The Morgan fingerprint density at radius 1 is 1.17 bits per heavy atom. The molecule has 0 spiro atoms. The van der Waals surface area contributed by atoms with Gasteiger partial charge in [0.15, 0.2) is 0 Å². The van der Waals surface area contributed by atoms with E-state index < -0.39 is 0 Å². The Morgan fingerprint density at radius 2 is 1.97 bits per heavy atom. The Kier molecular flexibility index (Phi) is 6.35. The summed E-state index contributed by atoms with van der Waals surface area (Å²) in [5.74, 6) is 0.578. The van der Waals surface area contributed by atoms with Crippen molar-refractivity contribution in [2.75, 3.05) is 33.3 Å². The first-order valence-corrected chi connectivity index (χ1v) is 10.6. The fourth-order valence-corrected chi connectivity index (χ4v) is 4.06. The summed E-state index contributed by atoms with van der Waals surface area (Å²) in [4.78, 5) is 14.6. The largest absolute Gasteiger partial charge is 0.497 e. The van der Waals surface area contributed by atoms with Gasteiger partial charge in [0, 0.05) is 18.4 Å². The maximum atomic E-state index is 13.0. The first-order chi connectivity index (χ1) is 14.7. The van der Waals surface area contributed by atoms with E-state index >= 15 is 0 Å². The van der Waals surface area contributed by atoms with Crippen molar-refractivity contribution >= 4 is 17.5 Å². The van der Waals surface area contributed by atoms with Crippen LogP contribution in [0.1, 0.15) is 23.3 Å². The number of rotatable bonds is 7. The predicted molar refractivity (Wildman–Crippen MR) is 118 cm³/mol. The third-order valence-corrected chi connectivity index (χ3v) is 5.78. The number of carbonyl (C=O) groups excluding carboxylic acids is 1. The first-order valence-electron chi connectivity index (χ1n) is 10.3. The zero-order valence-electron chi connectivity index (χ0n) is 17.0. The summed E-state index contributed by atoms with van der Waals surface area (Å²) in [5, 5.41) is 8.29. The molecule has 1 aliphatic rings. The van der Waals surface area contributed by atoms with Crippen molar-refractivity contribution in [3.05, 3.63) is 65.3 Å². The number of hydrogen-bond acceptors (Lipinski definition) is 3. The normalized spacial score (nSPS) is 14.1. The summed E-state index contributed by atoms with van der Waals surface area (Å²) in [6.07, 6.45) is 2.54. The van der Waals surface area contributed by atoms with Crippen molar-refractivity contribution in [1.82, 2.24) is 15.1 Å². The molecule has 30 heavy (non-hydrogen) atoms. The Labute approximate surface area is 181 Å². The molecule has 2 aromatic carbocycles. The van der Waals surface area contributed by atoms with Crippen LogP contribution >= 0.6 is 11.6 Å². The summed E-state index contributed by atoms with van der Waals surface area (Å²) >= 11 is 6.41. The Hall–Kier alpha value is -2.83. The molecule has 2 N–H and O–H groups in total. The summed E-state index contributed by atoms with van der Waals surface area (Å²) in [6, 6.07) is 16.8. The maximum absolute atomic E-state index is 13.0. The van der Waals surface area contributed by atoms with Gasteiger partial charge in [-0.3, -0.25) is 4.79 Å². The molecular formula is C23H26ClN4O2+. The molecule has 7 heteroatoms. The number of amides is 1. The number of benzene rings is 2. The predicted octanol–water partition coefficient (Wildman–Crippen LogP) is 2.61. The smallest absolute Gasteiger partial charge is 0.270 e. The minimum Gasteiger partial charge on any atom is -0.497 e. The summed E-state index contributed by atoms with van der Waals surface area (Å²) < 4.78 is 6.95. The number of nitrogens with one attached hydrogen (secondary N) is 2. The van der Waals surface area contributed by atoms with Crippen LogP contribution in [0.2, 0.25) is 5.02 Å². The van der Waals surface area contributed by atoms with E-state index in [1.165, 1.54) is 25.9 Å². The van der Waals surface area contributed by atoms with Gasteiger partial charge in [-0.15, -0.1) is 0 Å². The van der Waals surface area contributed by atoms with Gasteiger partial charge in [-0.25, -0.2) is 4.68 Å². The number of quaternary nitrogens is 1. The number of halogens is 1. The molecule has 0 radical (unpaired) electrons. The van der Waals surface area contributed by atoms with Crippen LogP contribution < -0.4 is 15.0 Å². The van der Waals surface area contributed by atoms with Gasteiger partial charge < -0.3 is 15.0 Å². The molecule has 3 aromatic rings. The minimum atomic E-state index is -0.157. The molecule has 6 nitrogen and oxygen atoms in total. The quantitative estimate of drug-likeness (QED) is 0.611. The second-order valence-electron chi connectivity index (χ2n) is 7.47. The molecule has 0 saturated carbocycles. The highest BCUT2D eigenvalue weighted by Crippen LogP contribution is 2.27. The van der Waals surface area contributed by atoms with E-state index in [2.05, 4.69) is 5.32 Å². The van der Waals surface area contributed by atoms with Crippen molar-refractivity contribution in [2.24, 2.45) is 0 Å². The second kappa shape index (κ2) is 9.32. The first kappa shape index (κ1) is 20.4. The van der Waals surface area contributed by atoms with Gasteiger partial charge in [0.05, 0.1) is 49.7 Å². The average Bonchev–Trinajstić information content (AvgIpc) is 3.44. The highest BCUT2D eigenvalue weighted by Gasteiger charge is 2.20. The van der Waals surface area contributed by atoms with Crippen molar-refractivity contribution in [1.29, 1.82) is 0 Å². The monoisotopic (exact) mass is 425 g/mol. The van der Waals surface area contributed by atoms with Crippen LogP contribution in [0.5, 0.6) is 5.75 Å². The van der Waals surface area contributed by atoms with Gasteiger partial charge >= 0.3 is 0 Å². The summed E-state index contributed by atoms with van der Waals surface area (Å²) in [7, 11) is 1.63. The molecule has 0 aliphatic carbocycles.